The van der Waals surface area contributed by atoms with Gasteiger partial charge in [-0.1, -0.05) is 26.0 Å². The van der Waals surface area contributed by atoms with E-state index < -0.39 is 96.2 Å². The number of ether oxygens (including phenoxy) is 6. The van der Waals surface area contributed by atoms with Crippen LogP contribution in [0.25, 0.3) is 0 Å². The van der Waals surface area contributed by atoms with Crippen LogP contribution >= 0.6 is 0 Å². The fourth-order valence-corrected chi connectivity index (χ4v) is 11.1. The van der Waals surface area contributed by atoms with Gasteiger partial charge in [0, 0.05) is 47.7 Å². The number of rotatable bonds is 6. The van der Waals surface area contributed by atoms with Crippen LogP contribution in [-0.2, 0) is 48.0 Å². The van der Waals surface area contributed by atoms with Crippen LogP contribution in [0.4, 0.5) is 26.3 Å². The summed E-state index contributed by atoms with van der Waals surface area (Å²) in [5.41, 5.74) is -4.41. The van der Waals surface area contributed by atoms with Gasteiger partial charge in [-0.3, -0.25) is 0 Å². The van der Waals surface area contributed by atoms with Gasteiger partial charge in [0.05, 0.1) is 11.1 Å². The Labute approximate surface area is 329 Å². The molecule has 8 aliphatic heterocycles. The molecule has 58 heavy (non-hydrogen) atoms. The van der Waals surface area contributed by atoms with Crippen molar-refractivity contribution < 1.29 is 83.9 Å². The topological polar surface area (TPSA) is 126 Å². The normalized spacial score (nSPS) is 41.7. The number of hydrogen-bond acceptors (Lipinski definition) is 12. The molecule has 2 spiro atoms. The summed E-state index contributed by atoms with van der Waals surface area (Å²) in [5, 5.41) is 0. The number of carbonyl (C=O) groups is 2. The molecule has 10 aliphatic rings. The molecule has 18 heteroatoms. The number of fused-ring (bicyclic) bond motifs is 4. The molecule has 4 bridgehead atoms. The third-order valence-electron chi connectivity index (χ3n) is 13.9. The molecule has 2 unspecified atom stereocenters. The van der Waals surface area contributed by atoms with Crippen LogP contribution in [0, 0.1) is 35.5 Å². The minimum atomic E-state index is -5.00. The standard InChI is InChI=1S/C40H44F6O12/c1-19-9-11-27-23(29(39(41,42)43)51-33-37(27)25(19)13-15-35(3,53-33)55-57-37)17-49-31(47)21-7-5-6-8-22(21)32(48)50-18-24-28-12-10-20(2)26-14-16-36(4)54-34(38(26,28)58-56-36)52-30(24)40(44,45)46/h5-8,19-20,25-28,33-34H,9-18H2,1-4H3/t19-,20-,25?,26?,27+,28+,33-,34-,35-,36+,37-,38-/m1/s1. The zero-order chi connectivity index (χ0) is 41.2. The number of carbonyl (C=O) groups excluding carboxylic acids is 2. The zero-order valence-corrected chi connectivity index (χ0v) is 32.2. The third kappa shape index (κ3) is 6.09. The maximum Gasteiger partial charge on any atom is 0.449 e. The summed E-state index contributed by atoms with van der Waals surface area (Å²) in [6.07, 6.45) is -9.57. The van der Waals surface area contributed by atoms with Crippen molar-refractivity contribution in [3.05, 3.63) is 58.1 Å². The van der Waals surface area contributed by atoms with E-state index in [1.165, 1.54) is 24.3 Å². The fourth-order valence-electron chi connectivity index (χ4n) is 11.1. The largest absolute Gasteiger partial charge is 0.457 e. The summed E-state index contributed by atoms with van der Waals surface area (Å²) in [6.45, 7) is 5.35. The smallest absolute Gasteiger partial charge is 0.449 e. The SMILES string of the molecule is C[C@@H]1CC[C@H]2C(COC(=O)c3ccccc3C(=O)OCC3=C(C(F)(F)F)O[C@@H]4O[C@]5(C)CCC6[C@H](C)CC[C@@H]3[C@]64OO5)=C(C(F)(F)F)O[C@@H]3O[C@@]4(C)CCC1[C@]32OO4. The first-order valence-electron chi connectivity index (χ1n) is 19.8. The minimum Gasteiger partial charge on any atom is -0.457 e. The van der Waals surface area contributed by atoms with Crippen molar-refractivity contribution in [3.8, 4) is 0 Å². The van der Waals surface area contributed by atoms with Gasteiger partial charge in [0.2, 0.25) is 35.7 Å². The Morgan fingerprint density at radius 1 is 0.638 bits per heavy atom. The summed E-state index contributed by atoms with van der Waals surface area (Å²) in [6, 6.07) is 5.19. The monoisotopic (exact) mass is 830 g/mol. The van der Waals surface area contributed by atoms with E-state index >= 15 is 0 Å². The lowest BCUT2D eigenvalue weighted by Gasteiger charge is -2.57. The van der Waals surface area contributed by atoms with Gasteiger partial charge in [0.1, 0.15) is 13.2 Å². The van der Waals surface area contributed by atoms with Crippen molar-refractivity contribution in [2.24, 2.45) is 35.5 Å². The molecule has 12 atom stereocenters. The molecule has 0 N–H and O–H groups in total. The molecule has 0 aromatic heterocycles. The Morgan fingerprint density at radius 3 is 1.41 bits per heavy atom. The molecule has 1 aromatic carbocycles. The number of hydrogen-bond donors (Lipinski definition) is 0. The van der Waals surface area contributed by atoms with Crippen molar-refractivity contribution >= 4 is 11.9 Å². The zero-order valence-electron chi connectivity index (χ0n) is 32.2. The second-order valence-electron chi connectivity index (χ2n) is 17.4. The van der Waals surface area contributed by atoms with Crippen molar-refractivity contribution in [1.82, 2.24) is 0 Å². The Kier molecular flexibility index (Phi) is 9.34. The van der Waals surface area contributed by atoms with E-state index in [4.69, 9.17) is 48.0 Å². The Morgan fingerprint density at radius 2 is 1.03 bits per heavy atom. The number of halogens is 6. The summed E-state index contributed by atoms with van der Waals surface area (Å²) in [7, 11) is 0. The van der Waals surface area contributed by atoms with Gasteiger partial charge in [0.15, 0.2) is 11.2 Å². The van der Waals surface area contributed by atoms with Crippen LogP contribution < -0.4 is 0 Å². The highest BCUT2D eigenvalue weighted by atomic mass is 19.4. The molecule has 8 fully saturated rings. The molecule has 12 nitrogen and oxygen atoms in total. The highest BCUT2D eigenvalue weighted by Crippen LogP contribution is 2.63. The molecule has 8 heterocycles. The Bertz CT molecular complexity index is 1800. The van der Waals surface area contributed by atoms with Crippen molar-refractivity contribution in [2.75, 3.05) is 13.2 Å². The predicted octanol–water partition coefficient (Wildman–Crippen LogP) is 8.12. The lowest BCUT2D eigenvalue weighted by Crippen LogP contribution is -2.67. The van der Waals surface area contributed by atoms with Crippen LogP contribution in [0.3, 0.4) is 0 Å². The number of benzene rings is 1. The minimum absolute atomic E-state index is 0.0243. The first-order valence-corrected chi connectivity index (χ1v) is 19.8. The summed E-state index contributed by atoms with van der Waals surface area (Å²) in [4.78, 5) is 50.7. The molecular formula is C40H44F6O12. The van der Waals surface area contributed by atoms with Gasteiger partial charge in [-0.05, 0) is 76.3 Å². The first-order chi connectivity index (χ1) is 27.3. The molecule has 1 aromatic rings. The maximum absolute atomic E-state index is 14.7. The lowest BCUT2D eigenvalue weighted by molar-refractivity contribution is -0.558. The molecule has 2 saturated carbocycles. The van der Waals surface area contributed by atoms with Crippen LogP contribution in [0.2, 0.25) is 0 Å². The first kappa shape index (κ1) is 40.0. The maximum atomic E-state index is 14.7. The van der Waals surface area contributed by atoms with Gasteiger partial charge in [-0.2, -0.15) is 26.3 Å². The van der Waals surface area contributed by atoms with Gasteiger partial charge >= 0.3 is 24.3 Å². The van der Waals surface area contributed by atoms with Crippen molar-refractivity contribution in [1.29, 1.82) is 0 Å². The van der Waals surface area contributed by atoms with Crippen LogP contribution in [0.5, 0.6) is 0 Å². The van der Waals surface area contributed by atoms with E-state index in [1.807, 2.05) is 13.8 Å². The van der Waals surface area contributed by atoms with E-state index in [-0.39, 0.29) is 58.8 Å². The second-order valence-corrected chi connectivity index (χ2v) is 17.4. The van der Waals surface area contributed by atoms with Gasteiger partial charge in [-0.15, -0.1) is 0 Å². The molecule has 318 valence electrons. The lowest BCUT2D eigenvalue weighted by atomic mass is 9.59. The predicted molar refractivity (Wildman–Crippen MR) is 181 cm³/mol. The average molecular weight is 831 g/mol. The molecular weight excluding hydrogens is 786 g/mol. The van der Waals surface area contributed by atoms with E-state index in [0.29, 0.717) is 38.5 Å². The number of esters is 2. The van der Waals surface area contributed by atoms with Gasteiger partial charge in [-0.25, -0.2) is 29.1 Å². The van der Waals surface area contributed by atoms with Crippen LogP contribution in [0.1, 0.15) is 99.8 Å². The molecule has 11 rings (SSSR count). The van der Waals surface area contributed by atoms with Crippen LogP contribution in [-0.4, -0.2) is 72.9 Å². The summed E-state index contributed by atoms with van der Waals surface area (Å²) < 4.78 is 122. The second kappa shape index (κ2) is 13.5. The van der Waals surface area contributed by atoms with Gasteiger partial charge in [0.25, 0.3) is 0 Å². The molecule has 2 aliphatic carbocycles. The summed E-state index contributed by atoms with van der Waals surface area (Å²) >= 11 is 0. The van der Waals surface area contributed by atoms with Crippen LogP contribution in [0.15, 0.2) is 46.9 Å². The van der Waals surface area contributed by atoms with E-state index in [2.05, 4.69) is 0 Å². The van der Waals surface area contributed by atoms with E-state index in [0.717, 1.165) is 0 Å². The molecule has 0 radical (unpaired) electrons. The fraction of sp³-hybridized carbons (Fsp3) is 0.700. The highest BCUT2D eigenvalue weighted by molar-refractivity contribution is 6.03. The Balaban J connectivity index is 0.977. The van der Waals surface area contributed by atoms with Crippen molar-refractivity contribution in [2.45, 2.75) is 127 Å². The third-order valence-corrected chi connectivity index (χ3v) is 13.9. The van der Waals surface area contributed by atoms with Gasteiger partial charge < -0.3 is 28.4 Å². The van der Waals surface area contributed by atoms with Crippen molar-refractivity contribution in [3.63, 3.8) is 0 Å². The summed E-state index contributed by atoms with van der Waals surface area (Å²) in [5.74, 6) is -10.2. The quantitative estimate of drug-likeness (QED) is 0.156. The average Bonchev–Trinajstić information content (AvgIpc) is 3.54. The number of alkyl halides is 6. The Hall–Kier alpha value is -3.42. The number of allylic oxidation sites excluding steroid dienone is 2. The van der Waals surface area contributed by atoms with E-state index in [1.54, 1.807) is 13.8 Å². The molecule has 6 saturated heterocycles. The molecule has 0 amide bonds. The van der Waals surface area contributed by atoms with E-state index in [9.17, 15) is 35.9 Å². The highest BCUT2D eigenvalue weighted by Gasteiger charge is 2.72.